The molecule has 1 aromatic carbocycles. The summed E-state index contributed by atoms with van der Waals surface area (Å²) in [5.41, 5.74) is 1.13. The van der Waals surface area contributed by atoms with Crippen LogP contribution in [-0.2, 0) is 11.2 Å². The third-order valence-electron chi connectivity index (χ3n) is 3.47. The molecule has 23 heavy (non-hydrogen) atoms. The first-order valence-electron chi connectivity index (χ1n) is 7.09. The Kier molecular flexibility index (Phi) is 4.83. The average Bonchev–Trinajstić information content (AvgIpc) is 3.16. The molecule has 118 valence electrons. The molecule has 0 bridgehead atoms. The molecule has 0 radical (unpaired) electrons. The van der Waals surface area contributed by atoms with Crippen molar-refractivity contribution in [3.05, 3.63) is 58.9 Å². The summed E-state index contributed by atoms with van der Waals surface area (Å²) in [7, 11) is 1.64. The van der Waals surface area contributed by atoms with Crippen molar-refractivity contribution in [2.24, 2.45) is 0 Å². The molecule has 0 spiro atoms. The number of rotatable bonds is 5. The molecule has 0 atom stereocenters. The molecule has 1 aliphatic heterocycles. The summed E-state index contributed by atoms with van der Waals surface area (Å²) in [6.07, 6.45) is 4.05. The summed E-state index contributed by atoms with van der Waals surface area (Å²) in [6.45, 7) is 0.562. The van der Waals surface area contributed by atoms with Crippen LogP contribution in [0.25, 0.3) is 6.08 Å². The monoisotopic (exact) mass is 345 g/mol. The van der Waals surface area contributed by atoms with Gasteiger partial charge in [-0.15, -0.1) is 0 Å². The van der Waals surface area contributed by atoms with Gasteiger partial charge in [-0.2, -0.15) is 0 Å². The number of thioether (sulfide) groups is 1. The Hall–Kier alpha value is -2.05. The highest BCUT2D eigenvalue weighted by molar-refractivity contribution is 8.26. The number of ether oxygens (including phenoxy) is 1. The van der Waals surface area contributed by atoms with E-state index in [1.165, 1.54) is 11.8 Å². The van der Waals surface area contributed by atoms with Crippen molar-refractivity contribution in [2.75, 3.05) is 13.7 Å². The first-order chi connectivity index (χ1) is 11.2. The second-order valence-corrected chi connectivity index (χ2v) is 6.62. The summed E-state index contributed by atoms with van der Waals surface area (Å²) < 4.78 is 11.0. The fraction of sp³-hybridized carbons (Fsp3) is 0.176. The quantitative estimate of drug-likeness (QED) is 0.610. The normalized spacial score (nSPS) is 16.4. The number of methoxy groups -OCH3 is 1. The zero-order valence-corrected chi connectivity index (χ0v) is 14.2. The molecule has 1 aliphatic rings. The molecule has 0 unspecified atom stereocenters. The third-order valence-corrected chi connectivity index (χ3v) is 4.85. The van der Waals surface area contributed by atoms with Gasteiger partial charge >= 0.3 is 0 Å². The number of furan rings is 1. The van der Waals surface area contributed by atoms with Crippen LogP contribution < -0.4 is 4.74 Å². The van der Waals surface area contributed by atoms with E-state index < -0.39 is 0 Å². The molecule has 0 aliphatic carbocycles. The Morgan fingerprint density at radius 3 is 2.74 bits per heavy atom. The number of carbonyl (C=O) groups is 1. The van der Waals surface area contributed by atoms with Crippen LogP contribution >= 0.6 is 24.0 Å². The molecule has 3 rings (SSSR count). The summed E-state index contributed by atoms with van der Waals surface area (Å²) in [5.74, 6) is 1.41. The number of benzene rings is 1. The first-order valence-corrected chi connectivity index (χ1v) is 8.31. The number of nitrogens with zero attached hydrogens (tertiary/aromatic N) is 1. The predicted molar refractivity (Wildman–Crippen MR) is 95.3 cm³/mol. The lowest BCUT2D eigenvalue weighted by Gasteiger charge is -2.14. The predicted octanol–water partition coefficient (Wildman–Crippen LogP) is 3.73. The molecule has 0 N–H and O–H groups in total. The van der Waals surface area contributed by atoms with Crippen LogP contribution in [-0.4, -0.2) is 28.8 Å². The molecule has 4 nitrogen and oxygen atoms in total. The number of amides is 1. The minimum Gasteiger partial charge on any atom is -0.497 e. The number of carbonyl (C=O) groups excluding carboxylic acids is 1. The van der Waals surface area contributed by atoms with Gasteiger partial charge in [-0.1, -0.05) is 36.1 Å². The van der Waals surface area contributed by atoms with Gasteiger partial charge in [0.05, 0.1) is 18.3 Å². The lowest BCUT2D eigenvalue weighted by molar-refractivity contribution is -0.122. The van der Waals surface area contributed by atoms with Crippen LogP contribution in [0.15, 0.2) is 52.0 Å². The van der Waals surface area contributed by atoms with Gasteiger partial charge in [-0.05, 0) is 36.2 Å². The van der Waals surface area contributed by atoms with Crippen molar-refractivity contribution in [3.8, 4) is 5.75 Å². The van der Waals surface area contributed by atoms with Crippen molar-refractivity contribution in [1.29, 1.82) is 0 Å². The standard InChI is InChI=1S/C17H15NO3S2/c1-20-13-6-4-12(5-7-13)8-9-18-16(19)15(23-17(18)22)11-14-3-2-10-21-14/h2-7,10-11H,8-9H2,1H3. The molecule has 0 saturated carbocycles. The highest BCUT2D eigenvalue weighted by Gasteiger charge is 2.31. The lowest BCUT2D eigenvalue weighted by Crippen LogP contribution is -2.30. The van der Waals surface area contributed by atoms with Crippen molar-refractivity contribution < 1.29 is 13.9 Å². The molecule has 1 amide bonds. The highest BCUT2D eigenvalue weighted by atomic mass is 32.2. The van der Waals surface area contributed by atoms with Gasteiger partial charge < -0.3 is 9.15 Å². The van der Waals surface area contributed by atoms with E-state index >= 15 is 0 Å². The summed E-state index contributed by atoms with van der Waals surface area (Å²) in [5, 5.41) is 0. The number of thiocarbonyl (C=S) groups is 1. The minimum absolute atomic E-state index is 0.0649. The van der Waals surface area contributed by atoms with Crippen LogP contribution in [0.4, 0.5) is 0 Å². The molecule has 1 saturated heterocycles. The molecule has 1 fully saturated rings. The number of hydrogen-bond donors (Lipinski definition) is 0. The second kappa shape index (κ2) is 7.02. The maximum atomic E-state index is 12.5. The van der Waals surface area contributed by atoms with Crippen molar-refractivity contribution in [2.45, 2.75) is 6.42 Å². The molecule has 2 heterocycles. The van der Waals surface area contributed by atoms with E-state index in [4.69, 9.17) is 21.4 Å². The van der Waals surface area contributed by atoms with Gasteiger partial charge in [0.15, 0.2) is 0 Å². The maximum Gasteiger partial charge on any atom is 0.266 e. The van der Waals surface area contributed by atoms with Crippen LogP contribution in [0, 0.1) is 0 Å². The van der Waals surface area contributed by atoms with E-state index in [1.807, 2.05) is 30.3 Å². The van der Waals surface area contributed by atoms with Gasteiger partial charge in [0.25, 0.3) is 5.91 Å². The SMILES string of the molecule is COc1ccc(CCN2C(=O)C(=Cc3ccco3)SC2=S)cc1. The zero-order valence-electron chi connectivity index (χ0n) is 12.5. The summed E-state index contributed by atoms with van der Waals surface area (Å²) in [6, 6.07) is 11.4. The highest BCUT2D eigenvalue weighted by Crippen LogP contribution is 2.32. The van der Waals surface area contributed by atoms with E-state index in [2.05, 4.69) is 0 Å². The first kappa shape index (κ1) is 15.8. The van der Waals surface area contributed by atoms with Crippen molar-refractivity contribution >= 4 is 40.3 Å². The largest absolute Gasteiger partial charge is 0.497 e. The molecular formula is C17H15NO3S2. The molecule has 1 aromatic heterocycles. The molecular weight excluding hydrogens is 330 g/mol. The van der Waals surface area contributed by atoms with E-state index in [0.717, 1.165) is 17.7 Å². The van der Waals surface area contributed by atoms with E-state index in [1.54, 1.807) is 30.4 Å². The van der Waals surface area contributed by atoms with Crippen LogP contribution in [0.2, 0.25) is 0 Å². The maximum absolute atomic E-state index is 12.5. The van der Waals surface area contributed by atoms with E-state index in [-0.39, 0.29) is 5.91 Å². The van der Waals surface area contributed by atoms with Gasteiger partial charge in [-0.3, -0.25) is 9.69 Å². The molecule has 6 heteroatoms. The van der Waals surface area contributed by atoms with Gasteiger partial charge in [-0.25, -0.2) is 0 Å². The minimum atomic E-state index is -0.0649. The molecule has 2 aromatic rings. The topological polar surface area (TPSA) is 42.7 Å². The van der Waals surface area contributed by atoms with E-state index in [9.17, 15) is 4.79 Å². The van der Waals surface area contributed by atoms with Gasteiger partial charge in [0.1, 0.15) is 15.8 Å². The summed E-state index contributed by atoms with van der Waals surface area (Å²) >= 11 is 6.63. The Labute approximate surface area is 144 Å². The number of hydrogen-bond acceptors (Lipinski definition) is 5. The van der Waals surface area contributed by atoms with Crippen LogP contribution in [0.5, 0.6) is 5.75 Å². The van der Waals surface area contributed by atoms with E-state index in [0.29, 0.717) is 21.5 Å². The van der Waals surface area contributed by atoms with Gasteiger partial charge in [0.2, 0.25) is 0 Å². The van der Waals surface area contributed by atoms with Crippen LogP contribution in [0.1, 0.15) is 11.3 Å². The average molecular weight is 345 g/mol. The Bertz CT molecular complexity index is 736. The lowest BCUT2D eigenvalue weighted by atomic mass is 10.1. The fourth-order valence-electron chi connectivity index (χ4n) is 2.23. The van der Waals surface area contributed by atoms with Gasteiger partial charge in [0, 0.05) is 12.6 Å². The smallest absolute Gasteiger partial charge is 0.266 e. The third kappa shape index (κ3) is 3.65. The zero-order chi connectivity index (χ0) is 16.2. The summed E-state index contributed by atoms with van der Waals surface area (Å²) in [4.78, 5) is 14.7. The van der Waals surface area contributed by atoms with Crippen molar-refractivity contribution in [1.82, 2.24) is 4.90 Å². The second-order valence-electron chi connectivity index (χ2n) is 4.95. The fourth-order valence-corrected chi connectivity index (χ4v) is 3.52. The van der Waals surface area contributed by atoms with Crippen molar-refractivity contribution in [3.63, 3.8) is 0 Å². The van der Waals surface area contributed by atoms with Crippen LogP contribution in [0.3, 0.4) is 0 Å². The Morgan fingerprint density at radius 2 is 2.09 bits per heavy atom. The Morgan fingerprint density at radius 1 is 1.30 bits per heavy atom. The Balaban J connectivity index is 1.66.